The highest BCUT2D eigenvalue weighted by Crippen LogP contribution is 2.28. The van der Waals surface area contributed by atoms with Gasteiger partial charge in [0.1, 0.15) is 0 Å². The first kappa shape index (κ1) is 12.3. The van der Waals surface area contributed by atoms with Crippen molar-refractivity contribution in [1.82, 2.24) is 10.2 Å². The molecule has 0 saturated heterocycles. The van der Waals surface area contributed by atoms with Crippen LogP contribution in [-0.2, 0) is 4.79 Å². The van der Waals surface area contributed by atoms with Crippen molar-refractivity contribution in [2.75, 3.05) is 11.9 Å². The van der Waals surface area contributed by atoms with Gasteiger partial charge in [-0.1, -0.05) is 30.0 Å². The third kappa shape index (κ3) is 4.05. The van der Waals surface area contributed by atoms with Crippen LogP contribution in [0, 0.1) is 0 Å². The first-order chi connectivity index (χ1) is 7.13. The Kier molecular flexibility index (Phi) is 4.83. The molecule has 84 valence electrons. The van der Waals surface area contributed by atoms with Crippen LogP contribution >= 0.6 is 23.1 Å². The summed E-state index contributed by atoms with van der Waals surface area (Å²) >= 11 is 2.78. The summed E-state index contributed by atoms with van der Waals surface area (Å²) in [7, 11) is 0. The van der Waals surface area contributed by atoms with Crippen molar-refractivity contribution < 1.29 is 4.79 Å². The Labute approximate surface area is 96.8 Å². The van der Waals surface area contributed by atoms with E-state index in [1.807, 2.05) is 0 Å². The number of thioether (sulfide) groups is 1. The van der Waals surface area contributed by atoms with Crippen molar-refractivity contribution >= 4 is 34.1 Å². The Balaban J connectivity index is 2.49. The predicted molar refractivity (Wildman–Crippen MR) is 63.2 cm³/mol. The summed E-state index contributed by atoms with van der Waals surface area (Å²) in [6, 6.07) is 0. The van der Waals surface area contributed by atoms with Crippen molar-refractivity contribution in [1.29, 1.82) is 0 Å². The molecule has 1 heterocycles. The lowest BCUT2D eigenvalue weighted by molar-refractivity contribution is -0.117. The maximum atomic E-state index is 10.8. The molecule has 1 unspecified atom stereocenters. The molecule has 7 heteroatoms. The van der Waals surface area contributed by atoms with Gasteiger partial charge < -0.3 is 11.1 Å². The van der Waals surface area contributed by atoms with Crippen LogP contribution in [0.25, 0.3) is 0 Å². The molecule has 1 aromatic heterocycles. The smallest absolute Gasteiger partial charge is 0.230 e. The van der Waals surface area contributed by atoms with E-state index in [2.05, 4.69) is 22.4 Å². The lowest BCUT2D eigenvalue weighted by Gasteiger charge is -2.01. The molecule has 15 heavy (non-hydrogen) atoms. The normalized spacial score (nSPS) is 12.4. The molecule has 0 bridgehead atoms. The van der Waals surface area contributed by atoms with Gasteiger partial charge in [-0.3, -0.25) is 4.79 Å². The van der Waals surface area contributed by atoms with E-state index in [4.69, 9.17) is 5.73 Å². The third-order valence-corrected chi connectivity index (χ3v) is 3.69. The van der Waals surface area contributed by atoms with E-state index in [1.165, 1.54) is 23.1 Å². The molecule has 0 fully saturated rings. The van der Waals surface area contributed by atoms with E-state index < -0.39 is 0 Å². The first-order valence-electron chi connectivity index (χ1n) is 4.66. The molecule has 3 N–H and O–H groups in total. The largest absolute Gasteiger partial charge is 0.369 e. The van der Waals surface area contributed by atoms with Crippen molar-refractivity contribution in [3.8, 4) is 0 Å². The number of carbonyl (C=O) groups is 1. The number of aromatic nitrogens is 2. The van der Waals surface area contributed by atoms with Crippen LogP contribution in [0.1, 0.15) is 20.3 Å². The van der Waals surface area contributed by atoms with Gasteiger partial charge in [0.15, 0.2) is 4.34 Å². The molecule has 1 amide bonds. The molecular weight excluding hydrogens is 232 g/mol. The number of nitrogens with zero attached hydrogens (tertiary/aromatic N) is 2. The molecule has 0 spiro atoms. The number of hydrogen-bond donors (Lipinski definition) is 2. The molecule has 0 aliphatic rings. The quantitative estimate of drug-likeness (QED) is 0.740. The van der Waals surface area contributed by atoms with Gasteiger partial charge in [-0.2, -0.15) is 0 Å². The zero-order valence-corrected chi connectivity index (χ0v) is 10.3. The highest BCUT2D eigenvalue weighted by atomic mass is 32.2. The number of carbonyl (C=O) groups excluding carboxylic acids is 1. The summed E-state index contributed by atoms with van der Waals surface area (Å²) in [6.45, 7) is 4.72. The number of nitrogens with one attached hydrogen (secondary N) is 1. The third-order valence-electron chi connectivity index (χ3n) is 1.61. The minimum absolute atomic E-state index is 0.267. The van der Waals surface area contributed by atoms with Gasteiger partial charge in [0.2, 0.25) is 11.0 Å². The van der Waals surface area contributed by atoms with E-state index in [-0.39, 0.29) is 11.2 Å². The Morgan fingerprint density at radius 3 is 3.00 bits per heavy atom. The van der Waals surface area contributed by atoms with Crippen LogP contribution in [0.4, 0.5) is 5.13 Å². The number of anilines is 1. The molecule has 1 aromatic rings. The summed E-state index contributed by atoms with van der Waals surface area (Å²) in [5.74, 6) is -0.335. The monoisotopic (exact) mass is 246 g/mol. The maximum Gasteiger partial charge on any atom is 0.230 e. The highest BCUT2D eigenvalue weighted by molar-refractivity contribution is 8.02. The van der Waals surface area contributed by atoms with Crippen LogP contribution in [0.3, 0.4) is 0 Å². The molecule has 0 aliphatic carbocycles. The average Bonchev–Trinajstić information content (AvgIpc) is 2.62. The lowest BCUT2D eigenvalue weighted by Crippen LogP contribution is -2.22. The van der Waals surface area contributed by atoms with Gasteiger partial charge in [0.05, 0.1) is 5.25 Å². The Bertz CT molecular complexity index is 328. The van der Waals surface area contributed by atoms with Crippen LogP contribution in [0.5, 0.6) is 0 Å². The summed E-state index contributed by atoms with van der Waals surface area (Å²) in [5, 5.41) is 11.6. The topological polar surface area (TPSA) is 80.9 Å². The Morgan fingerprint density at radius 2 is 2.40 bits per heavy atom. The highest BCUT2D eigenvalue weighted by Gasteiger charge is 2.13. The molecule has 0 radical (unpaired) electrons. The zero-order valence-electron chi connectivity index (χ0n) is 8.69. The summed E-state index contributed by atoms with van der Waals surface area (Å²) in [5.41, 5.74) is 5.15. The van der Waals surface area contributed by atoms with E-state index >= 15 is 0 Å². The zero-order chi connectivity index (χ0) is 11.3. The molecule has 0 aromatic carbocycles. The van der Waals surface area contributed by atoms with Gasteiger partial charge in [-0.25, -0.2) is 0 Å². The second-order valence-electron chi connectivity index (χ2n) is 2.96. The van der Waals surface area contributed by atoms with Crippen molar-refractivity contribution in [3.63, 3.8) is 0 Å². The van der Waals surface area contributed by atoms with Crippen LogP contribution < -0.4 is 11.1 Å². The van der Waals surface area contributed by atoms with Gasteiger partial charge in [-0.15, -0.1) is 10.2 Å². The second kappa shape index (κ2) is 5.92. The number of rotatable bonds is 6. The fourth-order valence-electron chi connectivity index (χ4n) is 0.770. The second-order valence-corrected chi connectivity index (χ2v) is 5.53. The molecule has 0 saturated carbocycles. The van der Waals surface area contributed by atoms with Crippen LogP contribution in [0.2, 0.25) is 0 Å². The van der Waals surface area contributed by atoms with E-state index in [0.29, 0.717) is 0 Å². The Morgan fingerprint density at radius 1 is 1.67 bits per heavy atom. The van der Waals surface area contributed by atoms with E-state index in [0.717, 1.165) is 22.4 Å². The van der Waals surface area contributed by atoms with Gasteiger partial charge in [0, 0.05) is 6.54 Å². The minimum Gasteiger partial charge on any atom is -0.369 e. The SMILES string of the molecule is CCCNc1nnc(SC(C)C(N)=O)s1. The minimum atomic E-state index is -0.335. The lowest BCUT2D eigenvalue weighted by atomic mass is 10.5. The first-order valence-corrected chi connectivity index (χ1v) is 6.36. The number of hydrogen-bond acceptors (Lipinski definition) is 6. The molecular formula is C8H14N4OS2. The molecule has 5 nitrogen and oxygen atoms in total. The van der Waals surface area contributed by atoms with Gasteiger partial charge in [0.25, 0.3) is 0 Å². The summed E-state index contributed by atoms with van der Waals surface area (Å²) < 4.78 is 0.764. The summed E-state index contributed by atoms with van der Waals surface area (Å²) in [4.78, 5) is 10.8. The average molecular weight is 246 g/mol. The summed E-state index contributed by atoms with van der Waals surface area (Å²) in [6.07, 6.45) is 1.04. The van der Waals surface area contributed by atoms with Crippen molar-refractivity contribution in [2.45, 2.75) is 29.9 Å². The van der Waals surface area contributed by atoms with E-state index in [9.17, 15) is 4.79 Å². The standard InChI is InChI=1S/C8H14N4OS2/c1-3-4-10-7-11-12-8(15-7)14-5(2)6(9)13/h5H,3-4H2,1-2H3,(H2,9,13)(H,10,11). The van der Waals surface area contributed by atoms with Gasteiger partial charge >= 0.3 is 0 Å². The van der Waals surface area contributed by atoms with Crippen LogP contribution in [0.15, 0.2) is 4.34 Å². The molecule has 1 atom stereocenters. The van der Waals surface area contributed by atoms with E-state index in [1.54, 1.807) is 6.92 Å². The molecule has 0 aliphatic heterocycles. The fraction of sp³-hybridized carbons (Fsp3) is 0.625. The maximum absolute atomic E-state index is 10.8. The van der Waals surface area contributed by atoms with Gasteiger partial charge in [-0.05, 0) is 13.3 Å². The van der Waals surface area contributed by atoms with Crippen molar-refractivity contribution in [3.05, 3.63) is 0 Å². The molecule has 1 rings (SSSR count). The Hall–Kier alpha value is -0.820. The number of primary amides is 1. The fourth-order valence-corrected chi connectivity index (χ4v) is 2.64. The number of nitrogens with two attached hydrogens (primary N) is 1. The van der Waals surface area contributed by atoms with Crippen LogP contribution in [-0.4, -0.2) is 27.9 Å². The van der Waals surface area contributed by atoms with Crippen molar-refractivity contribution in [2.24, 2.45) is 5.73 Å². The number of amides is 1. The predicted octanol–water partition coefficient (Wildman–Crippen LogP) is 1.33.